The maximum atomic E-state index is 13.4. The van der Waals surface area contributed by atoms with Gasteiger partial charge in [-0.3, -0.25) is 2.78 Å². The molecule has 0 spiro atoms. The van der Waals surface area contributed by atoms with Crippen molar-refractivity contribution in [1.29, 1.82) is 0 Å². The second-order valence-corrected chi connectivity index (χ2v) is 4.26. The summed E-state index contributed by atoms with van der Waals surface area (Å²) >= 11 is 2.01. The van der Waals surface area contributed by atoms with Gasteiger partial charge in [0.25, 0.3) is 0 Å². The van der Waals surface area contributed by atoms with Crippen molar-refractivity contribution in [2.75, 3.05) is 0 Å². The van der Waals surface area contributed by atoms with Crippen LogP contribution in [-0.4, -0.2) is 2.78 Å². The van der Waals surface area contributed by atoms with Gasteiger partial charge in [-0.25, -0.2) is 8.78 Å². The van der Waals surface area contributed by atoms with E-state index in [0.717, 1.165) is 11.8 Å². The molecule has 2 aromatic rings. The molecule has 4 heteroatoms. The van der Waals surface area contributed by atoms with Crippen LogP contribution in [0.15, 0.2) is 12.1 Å². The average Bonchev–Trinajstić information content (AvgIpc) is 2.40. The van der Waals surface area contributed by atoms with Gasteiger partial charge in [0.2, 0.25) is 0 Å². The number of aromatic nitrogens is 1. The van der Waals surface area contributed by atoms with E-state index >= 15 is 0 Å². The Morgan fingerprint density at radius 2 is 1.79 bits per heavy atom. The topological polar surface area (TPSA) is 4.93 Å². The van der Waals surface area contributed by atoms with Crippen molar-refractivity contribution in [2.45, 2.75) is 13.8 Å². The van der Waals surface area contributed by atoms with Crippen molar-refractivity contribution < 1.29 is 8.78 Å². The first-order valence-corrected chi connectivity index (χ1v) is 5.11. The summed E-state index contributed by atoms with van der Waals surface area (Å²) in [5, 5.41) is 0.648. The highest BCUT2D eigenvalue weighted by Crippen LogP contribution is 2.28. The normalized spacial score (nSPS) is 11.2. The zero-order valence-electron chi connectivity index (χ0n) is 7.74. The van der Waals surface area contributed by atoms with Crippen LogP contribution in [0.3, 0.4) is 0 Å². The van der Waals surface area contributed by atoms with Gasteiger partial charge in [-0.15, -0.1) is 0 Å². The second kappa shape index (κ2) is 3.18. The fourth-order valence-corrected chi connectivity index (χ4v) is 2.17. The molecule has 0 saturated heterocycles. The van der Waals surface area contributed by atoms with E-state index in [1.165, 1.54) is 0 Å². The molecule has 0 unspecified atom stereocenters. The molecule has 0 aliphatic heterocycles. The van der Waals surface area contributed by atoms with Gasteiger partial charge in [-0.05, 0) is 25.5 Å². The lowest BCUT2D eigenvalue weighted by Crippen LogP contribution is -1.90. The Labute approximate surface area is 94.2 Å². The summed E-state index contributed by atoms with van der Waals surface area (Å²) in [6.07, 6.45) is 0. The maximum absolute atomic E-state index is 13.4. The van der Waals surface area contributed by atoms with E-state index in [-0.39, 0.29) is 0 Å². The summed E-state index contributed by atoms with van der Waals surface area (Å²) in [6.45, 7) is 3.52. The maximum Gasteiger partial charge on any atom is 0.151 e. The molecule has 0 fully saturated rings. The highest BCUT2D eigenvalue weighted by Gasteiger charge is 2.14. The predicted octanol–water partition coefficient (Wildman–Crippen LogP) is 3.73. The molecule has 0 amide bonds. The molecular weight excluding hydrogens is 299 g/mol. The first kappa shape index (κ1) is 9.89. The molecule has 0 bridgehead atoms. The van der Waals surface area contributed by atoms with Crippen LogP contribution >= 0.6 is 22.9 Å². The number of nitrogens with zero attached hydrogens (tertiary/aromatic N) is 1. The van der Waals surface area contributed by atoms with Crippen LogP contribution < -0.4 is 0 Å². The quantitative estimate of drug-likeness (QED) is 0.654. The van der Waals surface area contributed by atoms with Crippen LogP contribution in [0.25, 0.3) is 10.9 Å². The third-order valence-electron chi connectivity index (χ3n) is 2.36. The Kier molecular flexibility index (Phi) is 2.25. The fourth-order valence-electron chi connectivity index (χ4n) is 1.54. The summed E-state index contributed by atoms with van der Waals surface area (Å²) < 4.78 is 28.3. The van der Waals surface area contributed by atoms with E-state index in [0.29, 0.717) is 16.5 Å². The highest BCUT2D eigenvalue weighted by molar-refractivity contribution is 14.1. The number of fused-ring (bicyclic) bond motifs is 1. The molecule has 14 heavy (non-hydrogen) atoms. The second-order valence-electron chi connectivity index (χ2n) is 3.29. The first-order chi connectivity index (χ1) is 6.52. The van der Waals surface area contributed by atoms with Crippen molar-refractivity contribution in [2.24, 2.45) is 0 Å². The van der Waals surface area contributed by atoms with E-state index in [9.17, 15) is 8.78 Å². The molecule has 0 saturated carbocycles. The monoisotopic (exact) mass is 307 g/mol. The molecule has 0 radical (unpaired) electrons. The minimum Gasteiger partial charge on any atom is -0.284 e. The van der Waals surface area contributed by atoms with Crippen LogP contribution in [0.5, 0.6) is 0 Å². The summed E-state index contributed by atoms with van der Waals surface area (Å²) in [5.41, 5.74) is 1.87. The van der Waals surface area contributed by atoms with Gasteiger partial charge >= 0.3 is 0 Å². The number of hydrogen-bond acceptors (Lipinski definition) is 0. The van der Waals surface area contributed by atoms with E-state index in [4.69, 9.17) is 0 Å². The first-order valence-electron chi connectivity index (χ1n) is 4.15. The van der Waals surface area contributed by atoms with Crippen molar-refractivity contribution in [3.8, 4) is 0 Å². The highest BCUT2D eigenvalue weighted by atomic mass is 127. The van der Waals surface area contributed by atoms with Crippen molar-refractivity contribution >= 4 is 33.8 Å². The average molecular weight is 307 g/mol. The Bertz CT molecular complexity index is 517. The van der Waals surface area contributed by atoms with Gasteiger partial charge in [0.1, 0.15) is 5.82 Å². The van der Waals surface area contributed by atoms with Crippen LogP contribution in [0, 0.1) is 25.5 Å². The molecule has 1 nitrogen and oxygen atoms in total. The van der Waals surface area contributed by atoms with Gasteiger partial charge in [-0.1, -0.05) is 0 Å². The predicted molar refractivity (Wildman–Crippen MR) is 60.7 cm³/mol. The van der Waals surface area contributed by atoms with Gasteiger partial charge in [0, 0.05) is 17.1 Å². The number of rotatable bonds is 0. The molecule has 1 aromatic carbocycles. The Hall–Kier alpha value is -0.650. The summed E-state index contributed by atoms with van der Waals surface area (Å²) in [4.78, 5) is 0. The largest absolute Gasteiger partial charge is 0.284 e. The van der Waals surface area contributed by atoms with Crippen molar-refractivity contribution in [1.82, 2.24) is 2.78 Å². The fraction of sp³-hybridized carbons (Fsp3) is 0.200. The van der Waals surface area contributed by atoms with E-state index < -0.39 is 11.6 Å². The lowest BCUT2D eigenvalue weighted by Gasteiger charge is -2.01. The van der Waals surface area contributed by atoms with Crippen LogP contribution in [0.2, 0.25) is 0 Å². The van der Waals surface area contributed by atoms with Gasteiger partial charge < -0.3 is 0 Å². The van der Waals surface area contributed by atoms with Gasteiger partial charge in [-0.2, -0.15) is 0 Å². The van der Waals surface area contributed by atoms with E-state index in [1.54, 1.807) is 15.8 Å². The third-order valence-corrected chi connectivity index (χ3v) is 3.60. The number of benzene rings is 1. The van der Waals surface area contributed by atoms with Crippen LogP contribution in [-0.2, 0) is 0 Å². The third kappa shape index (κ3) is 1.24. The molecule has 0 N–H and O–H groups in total. The smallest absolute Gasteiger partial charge is 0.151 e. The summed E-state index contributed by atoms with van der Waals surface area (Å²) in [5.74, 6) is -0.998. The van der Waals surface area contributed by atoms with Crippen molar-refractivity contribution in [3.63, 3.8) is 0 Å². The molecule has 0 aliphatic carbocycles. The number of aryl methyl sites for hydroxylation is 2. The molecule has 1 heterocycles. The minimum atomic E-state index is -0.509. The Morgan fingerprint density at radius 1 is 1.14 bits per heavy atom. The lowest BCUT2D eigenvalue weighted by atomic mass is 10.1. The van der Waals surface area contributed by atoms with Crippen LogP contribution in [0.4, 0.5) is 8.78 Å². The van der Waals surface area contributed by atoms with Gasteiger partial charge in [0.05, 0.1) is 28.4 Å². The minimum absolute atomic E-state index is 0.460. The van der Waals surface area contributed by atoms with Crippen molar-refractivity contribution in [3.05, 3.63) is 35.0 Å². The summed E-state index contributed by atoms with van der Waals surface area (Å²) in [7, 11) is 0. The SMILES string of the molecule is Cc1c(F)cc(F)c2c1cc(C)n2I. The molecule has 74 valence electrons. The lowest BCUT2D eigenvalue weighted by molar-refractivity contribution is 0.585. The summed E-state index contributed by atoms with van der Waals surface area (Å²) in [6, 6.07) is 2.73. The zero-order chi connectivity index (χ0) is 10.5. The number of halogens is 3. The Balaban J connectivity index is 3.02. The Morgan fingerprint density at radius 3 is 2.43 bits per heavy atom. The molecular formula is C10H8F2IN. The molecule has 1 aromatic heterocycles. The molecule has 0 aliphatic rings. The zero-order valence-corrected chi connectivity index (χ0v) is 9.89. The van der Waals surface area contributed by atoms with Crippen LogP contribution in [0.1, 0.15) is 11.3 Å². The number of hydrogen-bond donors (Lipinski definition) is 0. The molecule has 2 rings (SSSR count). The van der Waals surface area contributed by atoms with E-state index in [1.807, 2.05) is 29.8 Å². The standard InChI is InChI=1S/C10H8F2IN/c1-5-3-7-6(2)8(11)4-9(12)10(7)14(5)13/h3-4H,1-2H3. The van der Waals surface area contributed by atoms with Gasteiger partial charge in [0.15, 0.2) is 5.82 Å². The van der Waals surface area contributed by atoms with E-state index in [2.05, 4.69) is 0 Å². The molecule has 0 atom stereocenters.